The van der Waals surface area contributed by atoms with E-state index in [-0.39, 0.29) is 17.9 Å². The quantitative estimate of drug-likeness (QED) is 0.870. The number of carbonyl (C=O) groups excluding carboxylic acids is 1. The van der Waals surface area contributed by atoms with Crippen LogP contribution >= 0.6 is 0 Å². The van der Waals surface area contributed by atoms with Gasteiger partial charge >= 0.3 is 0 Å². The fourth-order valence-corrected chi connectivity index (χ4v) is 4.17. The van der Waals surface area contributed by atoms with E-state index < -0.39 is 0 Å². The largest absolute Gasteiger partial charge is 0.378 e. The van der Waals surface area contributed by atoms with Gasteiger partial charge in [-0.1, -0.05) is 37.5 Å². The first kappa shape index (κ1) is 18.4. The predicted molar refractivity (Wildman–Crippen MR) is 102 cm³/mol. The highest BCUT2D eigenvalue weighted by molar-refractivity contribution is 5.93. The van der Waals surface area contributed by atoms with Crippen molar-refractivity contribution >= 4 is 11.6 Å². The van der Waals surface area contributed by atoms with Crippen molar-refractivity contribution in [2.45, 2.75) is 70.6 Å². The number of anilines is 1. The summed E-state index contributed by atoms with van der Waals surface area (Å²) in [6.45, 7) is 3.63. The van der Waals surface area contributed by atoms with Gasteiger partial charge in [-0.3, -0.25) is 9.69 Å². The summed E-state index contributed by atoms with van der Waals surface area (Å²) in [5.41, 5.74) is 2.18. The molecule has 0 bridgehead atoms. The Morgan fingerprint density at radius 2 is 1.96 bits per heavy atom. The molecule has 0 aromatic heterocycles. The van der Waals surface area contributed by atoms with Crippen molar-refractivity contribution in [2.24, 2.45) is 5.92 Å². The highest BCUT2D eigenvalue weighted by atomic mass is 16.5. The molecule has 0 unspecified atom stereocenters. The van der Waals surface area contributed by atoms with Crippen LogP contribution in [0.3, 0.4) is 0 Å². The lowest BCUT2D eigenvalue weighted by Crippen LogP contribution is -2.34. The van der Waals surface area contributed by atoms with Gasteiger partial charge in [-0.2, -0.15) is 0 Å². The zero-order valence-corrected chi connectivity index (χ0v) is 15.7. The van der Waals surface area contributed by atoms with Gasteiger partial charge in [0.2, 0.25) is 5.91 Å². The molecule has 4 nitrogen and oxygen atoms in total. The molecule has 25 heavy (non-hydrogen) atoms. The zero-order chi connectivity index (χ0) is 17.6. The third kappa shape index (κ3) is 5.05. The van der Waals surface area contributed by atoms with Crippen LogP contribution in [-0.2, 0) is 16.1 Å². The maximum absolute atomic E-state index is 12.7. The van der Waals surface area contributed by atoms with Crippen LogP contribution in [0.25, 0.3) is 0 Å². The first-order valence-electron chi connectivity index (χ1n) is 9.84. The normalized spacial score (nSPS) is 25.1. The monoisotopic (exact) mass is 344 g/mol. The second-order valence-corrected chi connectivity index (χ2v) is 7.76. The van der Waals surface area contributed by atoms with Crippen LogP contribution in [0, 0.1) is 5.92 Å². The molecule has 1 aromatic carbocycles. The van der Waals surface area contributed by atoms with E-state index in [0.29, 0.717) is 12.6 Å². The minimum atomic E-state index is 0.0629. The van der Waals surface area contributed by atoms with Gasteiger partial charge in [-0.15, -0.1) is 0 Å². The Labute approximate surface area is 151 Å². The average Bonchev–Trinajstić information content (AvgIpc) is 2.64. The number of carbonyl (C=O) groups is 1. The standard InChI is InChI=1S/C21H32N2O2/c1-16-14-17(12-13-25-16)21(24)22-20-11-7-6-8-18(20)15-23(2)19-9-4-3-5-10-19/h6-8,11,16-17,19H,3-5,9-10,12-15H2,1-2H3,(H,22,24)/t16-,17-/m1/s1. The van der Waals surface area contributed by atoms with Gasteiger partial charge in [0.05, 0.1) is 6.10 Å². The van der Waals surface area contributed by atoms with E-state index in [2.05, 4.69) is 29.4 Å². The van der Waals surface area contributed by atoms with Crippen LogP contribution in [0.15, 0.2) is 24.3 Å². The fourth-order valence-electron chi connectivity index (χ4n) is 4.17. The molecule has 2 fully saturated rings. The third-order valence-electron chi connectivity index (χ3n) is 5.75. The Morgan fingerprint density at radius 3 is 2.72 bits per heavy atom. The summed E-state index contributed by atoms with van der Waals surface area (Å²) in [5.74, 6) is 0.204. The molecule has 1 N–H and O–H groups in total. The number of hydrogen-bond acceptors (Lipinski definition) is 3. The molecular weight excluding hydrogens is 312 g/mol. The van der Waals surface area contributed by atoms with Gasteiger partial charge in [0.1, 0.15) is 0 Å². The summed E-state index contributed by atoms with van der Waals surface area (Å²) >= 11 is 0. The van der Waals surface area contributed by atoms with Crippen molar-refractivity contribution in [3.8, 4) is 0 Å². The number of hydrogen-bond donors (Lipinski definition) is 1. The van der Waals surface area contributed by atoms with E-state index in [1.807, 2.05) is 19.1 Å². The molecular formula is C21H32N2O2. The Morgan fingerprint density at radius 1 is 1.20 bits per heavy atom. The molecule has 3 rings (SSSR count). The average molecular weight is 344 g/mol. The van der Waals surface area contributed by atoms with E-state index in [9.17, 15) is 4.79 Å². The number of nitrogens with one attached hydrogen (secondary N) is 1. The summed E-state index contributed by atoms with van der Waals surface area (Å²) < 4.78 is 5.57. The van der Waals surface area contributed by atoms with Crippen LogP contribution < -0.4 is 5.32 Å². The molecule has 1 saturated heterocycles. The number of nitrogens with zero attached hydrogens (tertiary/aromatic N) is 1. The molecule has 0 radical (unpaired) electrons. The summed E-state index contributed by atoms with van der Waals surface area (Å²) in [5, 5.41) is 3.19. The van der Waals surface area contributed by atoms with E-state index in [1.54, 1.807) is 0 Å². The van der Waals surface area contributed by atoms with Gasteiger partial charge in [-0.05, 0) is 51.3 Å². The van der Waals surface area contributed by atoms with Crippen molar-refractivity contribution < 1.29 is 9.53 Å². The van der Waals surface area contributed by atoms with Gasteiger partial charge in [0.15, 0.2) is 0 Å². The Kier molecular flexibility index (Phi) is 6.49. The van der Waals surface area contributed by atoms with Gasteiger partial charge in [-0.25, -0.2) is 0 Å². The third-order valence-corrected chi connectivity index (χ3v) is 5.75. The molecule has 1 aliphatic carbocycles. The zero-order valence-electron chi connectivity index (χ0n) is 15.7. The lowest BCUT2D eigenvalue weighted by Gasteiger charge is -2.32. The second kappa shape index (κ2) is 8.81. The van der Waals surface area contributed by atoms with Crippen LogP contribution in [-0.4, -0.2) is 36.6 Å². The van der Waals surface area contributed by atoms with Crippen LogP contribution in [0.2, 0.25) is 0 Å². The molecule has 138 valence electrons. The van der Waals surface area contributed by atoms with Crippen molar-refractivity contribution in [1.29, 1.82) is 0 Å². The van der Waals surface area contributed by atoms with Gasteiger partial charge in [0, 0.05) is 30.8 Å². The minimum Gasteiger partial charge on any atom is -0.378 e. The van der Waals surface area contributed by atoms with Gasteiger partial charge < -0.3 is 10.1 Å². The number of para-hydroxylation sites is 1. The van der Waals surface area contributed by atoms with Crippen molar-refractivity contribution in [3.63, 3.8) is 0 Å². The molecule has 1 heterocycles. The van der Waals surface area contributed by atoms with Crippen LogP contribution in [0.4, 0.5) is 5.69 Å². The van der Waals surface area contributed by atoms with E-state index >= 15 is 0 Å². The van der Waals surface area contributed by atoms with Crippen LogP contribution in [0.1, 0.15) is 57.4 Å². The minimum absolute atomic E-state index is 0.0629. The summed E-state index contributed by atoms with van der Waals surface area (Å²) in [6.07, 6.45) is 8.47. The summed E-state index contributed by atoms with van der Waals surface area (Å²) in [4.78, 5) is 15.1. The predicted octanol–water partition coefficient (Wildman–Crippen LogP) is 4.20. The fraction of sp³-hybridized carbons (Fsp3) is 0.667. The van der Waals surface area contributed by atoms with E-state index in [1.165, 1.54) is 37.7 Å². The highest BCUT2D eigenvalue weighted by Gasteiger charge is 2.26. The molecule has 0 spiro atoms. The SMILES string of the molecule is C[C@@H]1C[C@H](C(=O)Nc2ccccc2CN(C)C2CCCCC2)CCO1. The summed E-state index contributed by atoms with van der Waals surface area (Å²) in [6, 6.07) is 8.92. The number of rotatable bonds is 5. The maximum Gasteiger partial charge on any atom is 0.227 e. The summed E-state index contributed by atoms with van der Waals surface area (Å²) in [7, 11) is 2.22. The molecule has 1 saturated carbocycles. The molecule has 1 aliphatic heterocycles. The van der Waals surface area contributed by atoms with E-state index in [4.69, 9.17) is 4.74 Å². The molecule has 4 heteroatoms. The molecule has 1 amide bonds. The Balaban J connectivity index is 1.62. The second-order valence-electron chi connectivity index (χ2n) is 7.76. The lowest BCUT2D eigenvalue weighted by molar-refractivity contribution is -0.124. The van der Waals surface area contributed by atoms with Crippen LogP contribution in [0.5, 0.6) is 0 Å². The Hall–Kier alpha value is -1.39. The number of amides is 1. The van der Waals surface area contributed by atoms with Crippen molar-refractivity contribution in [2.75, 3.05) is 19.0 Å². The smallest absolute Gasteiger partial charge is 0.227 e. The molecule has 2 aliphatic rings. The Bertz CT molecular complexity index is 569. The number of benzene rings is 1. The maximum atomic E-state index is 12.7. The first-order chi connectivity index (χ1) is 12.1. The molecule has 2 atom stereocenters. The van der Waals surface area contributed by atoms with Crippen molar-refractivity contribution in [3.05, 3.63) is 29.8 Å². The van der Waals surface area contributed by atoms with Crippen molar-refractivity contribution in [1.82, 2.24) is 4.90 Å². The topological polar surface area (TPSA) is 41.6 Å². The van der Waals surface area contributed by atoms with E-state index in [0.717, 1.165) is 25.1 Å². The lowest BCUT2D eigenvalue weighted by atomic mass is 9.94. The first-order valence-corrected chi connectivity index (χ1v) is 9.84. The highest BCUT2D eigenvalue weighted by Crippen LogP contribution is 2.26. The number of ether oxygens (including phenoxy) is 1. The van der Waals surface area contributed by atoms with Gasteiger partial charge in [0.25, 0.3) is 0 Å². The molecule has 1 aromatic rings.